The number of nitrogens with zero attached hydrogens (tertiary/aromatic N) is 1. The van der Waals surface area contributed by atoms with Gasteiger partial charge in [0.15, 0.2) is 0 Å². The topological polar surface area (TPSA) is 57.7 Å². The van der Waals surface area contributed by atoms with Crippen molar-refractivity contribution >= 4 is 23.6 Å². The fourth-order valence-electron chi connectivity index (χ4n) is 1.82. The van der Waals surface area contributed by atoms with Crippen molar-refractivity contribution in [2.45, 2.75) is 6.61 Å². The molecular weight excluding hydrogens is 318 g/mol. The Bertz CT molecular complexity index is 693. The summed E-state index contributed by atoms with van der Waals surface area (Å²) in [6, 6.07) is 8.70. The fourth-order valence-corrected chi connectivity index (χ4v) is 2.02. The van der Waals surface area contributed by atoms with E-state index in [1.807, 2.05) is 0 Å². The third-order valence-electron chi connectivity index (χ3n) is 2.96. The molecule has 0 aliphatic rings. The molecule has 0 aliphatic heterocycles. The number of hydrogen-bond donors (Lipinski definition) is 0. The molecular formula is C17H16ClNO4. The number of esters is 1. The first-order chi connectivity index (χ1) is 11.1. The van der Waals surface area contributed by atoms with Gasteiger partial charge >= 0.3 is 5.97 Å². The number of methoxy groups -OCH3 is 2. The summed E-state index contributed by atoms with van der Waals surface area (Å²) in [5, 5.41) is 0.359. The molecule has 0 bridgehead atoms. The Kier molecular flexibility index (Phi) is 6.00. The molecule has 6 heteroatoms. The van der Waals surface area contributed by atoms with E-state index in [2.05, 4.69) is 4.98 Å². The number of halogens is 1. The Morgan fingerprint density at radius 3 is 2.48 bits per heavy atom. The normalized spacial score (nSPS) is 10.6. The van der Waals surface area contributed by atoms with Crippen LogP contribution < -0.4 is 9.47 Å². The molecule has 1 aromatic carbocycles. The molecule has 2 aromatic rings. The first-order valence-electron chi connectivity index (χ1n) is 6.79. The van der Waals surface area contributed by atoms with E-state index in [0.717, 1.165) is 11.1 Å². The van der Waals surface area contributed by atoms with Crippen LogP contribution in [0.15, 0.2) is 42.6 Å². The molecule has 0 spiro atoms. The molecule has 0 fully saturated rings. The van der Waals surface area contributed by atoms with Crippen LogP contribution in [0.25, 0.3) is 6.08 Å². The van der Waals surface area contributed by atoms with Gasteiger partial charge in [-0.3, -0.25) is 0 Å². The largest absolute Gasteiger partial charge is 0.497 e. The van der Waals surface area contributed by atoms with Gasteiger partial charge in [0.25, 0.3) is 0 Å². The Labute approximate surface area is 139 Å². The number of hydrogen-bond acceptors (Lipinski definition) is 5. The number of rotatable bonds is 6. The zero-order valence-electron chi connectivity index (χ0n) is 12.8. The average Bonchev–Trinajstić information content (AvgIpc) is 2.57. The number of aromatic nitrogens is 1. The predicted octanol–water partition coefficient (Wildman–Crippen LogP) is 3.51. The van der Waals surface area contributed by atoms with Gasteiger partial charge in [-0.1, -0.05) is 11.6 Å². The van der Waals surface area contributed by atoms with Gasteiger partial charge in [-0.15, -0.1) is 0 Å². The quantitative estimate of drug-likeness (QED) is 0.460. The smallest absolute Gasteiger partial charge is 0.331 e. The SMILES string of the molecule is COc1cc(/C=C/C(=O)OCc2ccnc(Cl)c2)cc(OC)c1. The van der Waals surface area contributed by atoms with Gasteiger partial charge in [0.05, 0.1) is 14.2 Å². The minimum absolute atomic E-state index is 0.132. The van der Waals surface area contributed by atoms with E-state index in [-0.39, 0.29) is 6.61 Å². The van der Waals surface area contributed by atoms with Gasteiger partial charge in [0.2, 0.25) is 0 Å². The van der Waals surface area contributed by atoms with Crippen molar-refractivity contribution in [1.29, 1.82) is 0 Å². The van der Waals surface area contributed by atoms with E-state index < -0.39 is 5.97 Å². The molecule has 0 atom stereocenters. The summed E-state index contributed by atoms with van der Waals surface area (Å²) in [7, 11) is 3.13. The molecule has 0 saturated heterocycles. The number of ether oxygens (including phenoxy) is 3. The monoisotopic (exact) mass is 333 g/mol. The van der Waals surface area contributed by atoms with Crippen LogP contribution in [0.2, 0.25) is 5.15 Å². The maximum atomic E-state index is 11.8. The van der Waals surface area contributed by atoms with Gasteiger partial charge in [-0.25, -0.2) is 9.78 Å². The molecule has 5 nitrogen and oxygen atoms in total. The maximum Gasteiger partial charge on any atom is 0.331 e. The second-order valence-electron chi connectivity index (χ2n) is 4.57. The van der Waals surface area contributed by atoms with E-state index in [1.54, 1.807) is 56.8 Å². The summed E-state index contributed by atoms with van der Waals surface area (Å²) < 4.78 is 15.5. The summed E-state index contributed by atoms with van der Waals surface area (Å²) >= 11 is 5.77. The zero-order valence-corrected chi connectivity index (χ0v) is 13.5. The molecule has 0 unspecified atom stereocenters. The first-order valence-corrected chi connectivity index (χ1v) is 7.17. The number of carbonyl (C=O) groups excluding carboxylic acids is 1. The Balaban J connectivity index is 1.98. The lowest BCUT2D eigenvalue weighted by Gasteiger charge is -2.06. The molecule has 1 heterocycles. The maximum absolute atomic E-state index is 11.8. The summed E-state index contributed by atoms with van der Waals surface area (Å²) in [5.41, 5.74) is 1.54. The van der Waals surface area contributed by atoms with E-state index in [1.165, 1.54) is 6.08 Å². The van der Waals surface area contributed by atoms with E-state index >= 15 is 0 Å². The van der Waals surface area contributed by atoms with E-state index in [0.29, 0.717) is 16.7 Å². The van der Waals surface area contributed by atoms with Gasteiger partial charge in [0.1, 0.15) is 23.3 Å². The van der Waals surface area contributed by atoms with Crippen LogP contribution in [0.1, 0.15) is 11.1 Å². The summed E-state index contributed by atoms with van der Waals surface area (Å²) in [6.07, 6.45) is 4.54. The summed E-state index contributed by atoms with van der Waals surface area (Å²) in [6.45, 7) is 0.132. The number of carbonyl (C=O) groups is 1. The van der Waals surface area contributed by atoms with Gasteiger partial charge in [-0.05, 0) is 41.5 Å². The minimum Gasteiger partial charge on any atom is -0.497 e. The minimum atomic E-state index is -0.459. The van der Waals surface area contributed by atoms with Gasteiger partial charge in [-0.2, -0.15) is 0 Å². The average molecular weight is 334 g/mol. The predicted molar refractivity (Wildman–Crippen MR) is 87.6 cm³/mol. The lowest BCUT2D eigenvalue weighted by Crippen LogP contribution is -2.00. The molecule has 23 heavy (non-hydrogen) atoms. The van der Waals surface area contributed by atoms with E-state index in [9.17, 15) is 4.79 Å². The summed E-state index contributed by atoms with van der Waals surface area (Å²) in [5.74, 6) is 0.826. The van der Waals surface area contributed by atoms with Crippen molar-refractivity contribution in [3.05, 3.63) is 58.9 Å². The van der Waals surface area contributed by atoms with Crippen molar-refractivity contribution in [1.82, 2.24) is 4.98 Å². The second kappa shape index (κ2) is 8.19. The van der Waals surface area contributed by atoms with Gasteiger partial charge < -0.3 is 14.2 Å². The second-order valence-corrected chi connectivity index (χ2v) is 4.96. The molecule has 0 aliphatic carbocycles. The molecule has 0 radical (unpaired) electrons. The number of pyridine rings is 1. The van der Waals surface area contributed by atoms with Crippen LogP contribution in [-0.2, 0) is 16.1 Å². The standard InChI is InChI=1S/C17H16ClNO4/c1-21-14-7-12(8-15(10-14)22-2)3-4-17(20)23-11-13-5-6-19-16(18)9-13/h3-10H,11H2,1-2H3/b4-3+. The van der Waals surface area contributed by atoms with E-state index in [4.69, 9.17) is 25.8 Å². The molecule has 120 valence electrons. The highest BCUT2D eigenvalue weighted by Crippen LogP contribution is 2.23. The van der Waals surface area contributed by atoms with Gasteiger partial charge in [0, 0.05) is 18.3 Å². The fraction of sp³-hybridized carbons (Fsp3) is 0.176. The van der Waals surface area contributed by atoms with Crippen LogP contribution in [-0.4, -0.2) is 25.2 Å². The summed E-state index contributed by atoms with van der Waals surface area (Å²) in [4.78, 5) is 15.6. The van der Waals surface area contributed by atoms with Crippen LogP contribution in [0.5, 0.6) is 11.5 Å². The Morgan fingerprint density at radius 2 is 1.87 bits per heavy atom. The molecule has 1 aromatic heterocycles. The molecule has 0 saturated carbocycles. The van der Waals surface area contributed by atoms with Crippen LogP contribution >= 0.6 is 11.6 Å². The van der Waals surface area contributed by atoms with Crippen LogP contribution in [0.3, 0.4) is 0 Å². The molecule has 2 rings (SSSR count). The Morgan fingerprint density at radius 1 is 1.17 bits per heavy atom. The Hall–Kier alpha value is -2.53. The van der Waals surface area contributed by atoms with Crippen molar-refractivity contribution in [3.8, 4) is 11.5 Å². The highest BCUT2D eigenvalue weighted by atomic mass is 35.5. The lowest BCUT2D eigenvalue weighted by molar-refractivity contribution is -0.138. The highest BCUT2D eigenvalue weighted by Gasteiger charge is 2.02. The van der Waals surface area contributed by atoms with Crippen molar-refractivity contribution in [2.24, 2.45) is 0 Å². The van der Waals surface area contributed by atoms with Crippen LogP contribution in [0, 0.1) is 0 Å². The number of benzene rings is 1. The molecule has 0 amide bonds. The lowest BCUT2D eigenvalue weighted by atomic mass is 10.2. The third-order valence-corrected chi connectivity index (χ3v) is 3.16. The van der Waals surface area contributed by atoms with Crippen molar-refractivity contribution in [3.63, 3.8) is 0 Å². The third kappa shape index (κ3) is 5.30. The zero-order chi connectivity index (χ0) is 16.7. The van der Waals surface area contributed by atoms with Crippen LogP contribution in [0.4, 0.5) is 0 Å². The van der Waals surface area contributed by atoms with Crippen molar-refractivity contribution in [2.75, 3.05) is 14.2 Å². The molecule has 0 N–H and O–H groups in total. The first kappa shape index (κ1) is 16.8. The highest BCUT2D eigenvalue weighted by molar-refractivity contribution is 6.29. The van der Waals surface area contributed by atoms with Crippen molar-refractivity contribution < 1.29 is 19.0 Å².